The lowest BCUT2D eigenvalue weighted by Crippen LogP contribution is -2.54. The van der Waals surface area contributed by atoms with Gasteiger partial charge in [0.1, 0.15) is 5.75 Å². The third kappa shape index (κ3) is 3.84. The van der Waals surface area contributed by atoms with Gasteiger partial charge in [-0.1, -0.05) is 12.1 Å². The normalized spacial score (nSPS) is 27.7. The molecule has 0 bridgehead atoms. The van der Waals surface area contributed by atoms with Crippen molar-refractivity contribution in [3.63, 3.8) is 0 Å². The van der Waals surface area contributed by atoms with Crippen LogP contribution in [-0.2, 0) is 11.3 Å². The van der Waals surface area contributed by atoms with Crippen LogP contribution < -0.4 is 4.74 Å². The van der Waals surface area contributed by atoms with E-state index in [1.165, 1.54) is 31.2 Å². The molecule has 2 saturated heterocycles. The zero-order valence-electron chi connectivity index (χ0n) is 15.4. The molecule has 4 rings (SSSR count). The Bertz CT molecular complexity index is 628. The highest BCUT2D eigenvalue weighted by Gasteiger charge is 2.45. The van der Waals surface area contributed by atoms with E-state index in [9.17, 15) is 4.79 Å². The number of carbonyl (C=O) groups excluding carboxylic acids is 1. The summed E-state index contributed by atoms with van der Waals surface area (Å²) in [5.41, 5.74) is 1.65. The molecule has 1 aliphatic carbocycles. The van der Waals surface area contributed by atoms with Crippen molar-refractivity contribution in [3.05, 3.63) is 29.8 Å². The van der Waals surface area contributed by atoms with Crippen molar-refractivity contribution >= 4 is 5.91 Å². The molecule has 3 aliphatic rings. The summed E-state index contributed by atoms with van der Waals surface area (Å²) < 4.78 is 5.64. The highest BCUT2D eigenvalue weighted by molar-refractivity contribution is 5.78. The summed E-state index contributed by atoms with van der Waals surface area (Å²) in [5.74, 6) is 1.37. The molecule has 25 heavy (non-hydrogen) atoms. The Morgan fingerprint density at radius 3 is 2.92 bits per heavy atom. The van der Waals surface area contributed by atoms with E-state index in [2.05, 4.69) is 28.0 Å². The summed E-state index contributed by atoms with van der Waals surface area (Å²) in [6.45, 7) is 7.00. The van der Waals surface area contributed by atoms with E-state index in [4.69, 9.17) is 4.74 Å². The van der Waals surface area contributed by atoms with Crippen LogP contribution in [0.1, 0.15) is 51.0 Å². The molecule has 4 nitrogen and oxygen atoms in total. The van der Waals surface area contributed by atoms with Crippen LogP contribution in [0.15, 0.2) is 24.3 Å². The standard InChI is InChI=1S/C21H30N2O2/c1-2-25-19-6-3-5-17(13-19)14-22-12-4-10-21(15-22)11-9-20(24)23(16-21)18-7-8-18/h3,5-6,13,18H,2,4,7-12,14-16H2,1H3/t21-/m0/s1. The largest absolute Gasteiger partial charge is 0.494 e. The fourth-order valence-electron chi connectivity index (χ4n) is 4.70. The fraction of sp³-hybridized carbons (Fsp3) is 0.667. The van der Waals surface area contributed by atoms with Crippen molar-refractivity contribution in [3.8, 4) is 5.75 Å². The molecule has 136 valence electrons. The molecule has 0 N–H and O–H groups in total. The average molecular weight is 342 g/mol. The minimum Gasteiger partial charge on any atom is -0.494 e. The van der Waals surface area contributed by atoms with Crippen molar-refractivity contribution in [1.82, 2.24) is 9.80 Å². The second-order valence-corrected chi connectivity index (χ2v) is 8.15. The van der Waals surface area contributed by atoms with E-state index in [0.717, 1.165) is 44.8 Å². The van der Waals surface area contributed by atoms with Crippen LogP contribution in [-0.4, -0.2) is 48.0 Å². The first kappa shape index (κ1) is 16.9. The number of ether oxygens (including phenoxy) is 1. The van der Waals surface area contributed by atoms with Crippen LogP contribution in [0.5, 0.6) is 5.75 Å². The Kier molecular flexibility index (Phi) is 4.72. The number of hydrogen-bond acceptors (Lipinski definition) is 3. The smallest absolute Gasteiger partial charge is 0.222 e. The van der Waals surface area contributed by atoms with Gasteiger partial charge in [0.05, 0.1) is 6.61 Å². The minimum absolute atomic E-state index is 0.326. The van der Waals surface area contributed by atoms with Gasteiger partial charge in [0.2, 0.25) is 5.91 Å². The minimum atomic E-state index is 0.326. The van der Waals surface area contributed by atoms with Crippen LogP contribution >= 0.6 is 0 Å². The molecular weight excluding hydrogens is 312 g/mol. The highest BCUT2D eigenvalue weighted by atomic mass is 16.5. The summed E-state index contributed by atoms with van der Waals surface area (Å²) >= 11 is 0. The number of amides is 1. The third-order valence-corrected chi connectivity index (χ3v) is 6.04. The molecule has 1 aromatic carbocycles. The van der Waals surface area contributed by atoms with Gasteiger partial charge in [0.15, 0.2) is 0 Å². The molecule has 1 spiro atoms. The van der Waals surface area contributed by atoms with E-state index in [0.29, 0.717) is 24.0 Å². The summed E-state index contributed by atoms with van der Waals surface area (Å²) in [6, 6.07) is 9.05. The Morgan fingerprint density at radius 2 is 2.12 bits per heavy atom. The van der Waals surface area contributed by atoms with Crippen LogP contribution in [0.2, 0.25) is 0 Å². The van der Waals surface area contributed by atoms with Gasteiger partial charge in [0, 0.05) is 37.5 Å². The maximum atomic E-state index is 12.3. The number of rotatable bonds is 5. The molecule has 0 radical (unpaired) electrons. The highest BCUT2D eigenvalue weighted by Crippen LogP contribution is 2.42. The van der Waals surface area contributed by atoms with Crippen LogP contribution in [0.3, 0.4) is 0 Å². The van der Waals surface area contributed by atoms with E-state index in [1.54, 1.807) is 0 Å². The lowest BCUT2D eigenvalue weighted by atomic mass is 9.73. The zero-order chi connectivity index (χ0) is 17.3. The monoisotopic (exact) mass is 342 g/mol. The number of piperidine rings is 2. The Hall–Kier alpha value is -1.55. The summed E-state index contributed by atoms with van der Waals surface area (Å²) in [4.78, 5) is 17.1. The molecule has 4 heteroatoms. The second-order valence-electron chi connectivity index (χ2n) is 8.15. The molecule has 1 atom stereocenters. The zero-order valence-corrected chi connectivity index (χ0v) is 15.4. The number of carbonyl (C=O) groups is 1. The molecule has 0 aromatic heterocycles. The van der Waals surface area contributed by atoms with Gasteiger partial charge in [-0.2, -0.15) is 0 Å². The average Bonchev–Trinajstić information content (AvgIpc) is 3.43. The first-order chi connectivity index (χ1) is 12.2. The SMILES string of the molecule is CCOc1cccc(CN2CCC[C@]3(CCC(=O)N(C4CC4)C3)C2)c1. The van der Waals surface area contributed by atoms with Crippen molar-refractivity contribution in [2.24, 2.45) is 5.41 Å². The first-order valence-corrected chi connectivity index (χ1v) is 9.91. The van der Waals surface area contributed by atoms with Crippen LogP contribution in [0.25, 0.3) is 0 Å². The number of likely N-dealkylation sites (tertiary alicyclic amines) is 2. The lowest BCUT2D eigenvalue weighted by Gasteiger charge is -2.48. The van der Waals surface area contributed by atoms with E-state index in [-0.39, 0.29) is 0 Å². The predicted molar refractivity (Wildman–Crippen MR) is 98.5 cm³/mol. The number of hydrogen-bond donors (Lipinski definition) is 0. The van der Waals surface area contributed by atoms with Gasteiger partial charge in [-0.3, -0.25) is 9.69 Å². The van der Waals surface area contributed by atoms with Gasteiger partial charge in [-0.25, -0.2) is 0 Å². The number of benzene rings is 1. The molecule has 0 unspecified atom stereocenters. The van der Waals surface area contributed by atoms with Gasteiger partial charge in [-0.05, 0) is 63.3 Å². The number of nitrogens with zero attached hydrogens (tertiary/aromatic N) is 2. The molecule has 3 fully saturated rings. The van der Waals surface area contributed by atoms with E-state index < -0.39 is 0 Å². The van der Waals surface area contributed by atoms with Gasteiger partial charge < -0.3 is 9.64 Å². The Labute approximate surface area is 151 Å². The van der Waals surface area contributed by atoms with Crippen LogP contribution in [0, 0.1) is 5.41 Å². The van der Waals surface area contributed by atoms with E-state index in [1.807, 2.05) is 13.0 Å². The van der Waals surface area contributed by atoms with Crippen molar-refractivity contribution in [2.75, 3.05) is 26.2 Å². The molecule has 2 aliphatic heterocycles. The van der Waals surface area contributed by atoms with Crippen molar-refractivity contribution in [1.29, 1.82) is 0 Å². The maximum absolute atomic E-state index is 12.3. The first-order valence-electron chi connectivity index (χ1n) is 9.91. The molecular formula is C21H30N2O2. The Balaban J connectivity index is 1.42. The van der Waals surface area contributed by atoms with Crippen molar-refractivity contribution < 1.29 is 9.53 Å². The third-order valence-electron chi connectivity index (χ3n) is 6.04. The predicted octanol–water partition coefficient (Wildman–Crippen LogP) is 3.45. The van der Waals surface area contributed by atoms with Gasteiger partial charge in [-0.15, -0.1) is 0 Å². The van der Waals surface area contributed by atoms with Crippen molar-refractivity contribution in [2.45, 2.75) is 58.0 Å². The fourth-order valence-corrected chi connectivity index (χ4v) is 4.70. The van der Waals surface area contributed by atoms with E-state index >= 15 is 0 Å². The lowest BCUT2D eigenvalue weighted by molar-refractivity contribution is -0.140. The van der Waals surface area contributed by atoms with Gasteiger partial charge in [0.25, 0.3) is 0 Å². The molecule has 1 saturated carbocycles. The van der Waals surface area contributed by atoms with Gasteiger partial charge >= 0.3 is 0 Å². The summed E-state index contributed by atoms with van der Waals surface area (Å²) in [7, 11) is 0. The summed E-state index contributed by atoms with van der Waals surface area (Å²) in [5, 5.41) is 0. The maximum Gasteiger partial charge on any atom is 0.222 e. The topological polar surface area (TPSA) is 32.8 Å². The quantitative estimate of drug-likeness (QED) is 0.822. The molecule has 1 aromatic rings. The Morgan fingerprint density at radius 1 is 1.24 bits per heavy atom. The van der Waals surface area contributed by atoms with Crippen LogP contribution in [0.4, 0.5) is 0 Å². The second kappa shape index (κ2) is 6.99. The molecule has 1 amide bonds. The summed E-state index contributed by atoms with van der Waals surface area (Å²) in [6.07, 6.45) is 6.79. The molecule has 2 heterocycles.